The molecule has 0 bridgehead atoms. The van der Waals surface area contributed by atoms with Crippen molar-refractivity contribution in [1.82, 2.24) is 5.32 Å². The van der Waals surface area contributed by atoms with Crippen molar-refractivity contribution in [2.45, 2.75) is 32.3 Å². The summed E-state index contributed by atoms with van der Waals surface area (Å²) < 4.78 is 12.1. The molecule has 3 nitrogen and oxygen atoms in total. The summed E-state index contributed by atoms with van der Waals surface area (Å²) in [6.07, 6.45) is -0.483. The second kappa shape index (κ2) is 6.69. The molecular formula is C18H20ClNO2. The summed E-state index contributed by atoms with van der Waals surface area (Å²) in [4.78, 5) is 0. The third-order valence-electron chi connectivity index (χ3n) is 3.60. The Balaban J connectivity index is 1.91. The van der Waals surface area contributed by atoms with E-state index in [1.807, 2.05) is 36.4 Å². The second-order valence-electron chi connectivity index (χ2n) is 5.72. The van der Waals surface area contributed by atoms with Crippen molar-refractivity contribution in [3.63, 3.8) is 0 Å². The molecular weight excluding hydrogens is 298 g/mol. The third-order valence-corrected chi connectivity index (χ3v) is 3.83. The van der Waals surface area contributed by atoms with Crippen molar-refractivity contribution >= 4 is 11.6 Å². The lowest BCUT2D eigenvalue weighted by molar-refractivity contribution is -0.125. The zero-order valence-electron chi connectivity index (χ0n) is 12.8. The highest BCUT2D eigenvalue weighted by Gasteiger charge is 2.30. The lowest BCUT2D eigenvalue weighted by Gasteiger charge is -2.33. The van der Waals surface area contributed by atoms with E-state index in [0.717, 1.165) is 16.9 Å². The van der Waals surface area contributed by atoms with Crippen LogP contribution in [-0.4, -0.2) is 18.9 Å². The van der Waals surface area contributed by atoms with Gasteiger partial charge in [0.25, 0.3) is 0 Å². The number of rotatable bonds is 4. The Morgan fingerprint density at radius 3 is 2.64 bits per heavy atom. The fraction of sp³-hybridized carbons (Fsp3) is 0.333. The number of ether oxygens (including phenoxy) is 2. The van der Waals surface area contributed by atoms with E-state index in [9.17, 15) is 0 Å². The van der Waals surface area contributed by atoms with E-state index in [0.29, 0.717) is 17.6 Å². The molecule has 1 heterocycles. The summed E-state index contributed by atoms with van der Waals surface area (Å²) in [5, 5.41) is 4.04. The number of nitrogens with one attached hydrogen (secondary N) is 1. The summed E-state index contributed by atoms with van der Waals surface area (Å²) in [5.74, 6) is 0.833. The maximum Gasteiger partial charge on any atom is 0.213 e. The van der Waals surface area contributed by atoms with E-state index in [1.54, 1.807) is 0 Å². The Morgan fingerprint density at radius 2 is 1.91 bits per heavy atom. The van der Waals surface area contributed by atoms with Gasteiger partial charge in [-0.3, -0.25) is 0 Å². The van der Waals surface area contributed by atoms with Gasteiger partial charge >= 0.3 is 0 Å². The van der Waals surface area contributed by atoms with Crippen LogP contribution in [0.2, 0.25) is 5.02 Å². The molecule has 2 atom stereocenters. The standard InChI is InChI=1S/C18H20ClNO2/c1-12(2)20-11-17-21-16-9-8-14(19)10-15(16)18(22-17)13-6-4-3-5-7-13/h3-10,12,17-18,20H,11H2,1-2H3/t17-,18+/m1/s1. The maximum absolute atomic E-state index is 6.16. The van der Waals surface area contributed by atoms with Gasteiger partial charge in [-0.25, -0.2) is 0 Å². The lowest BCUT2D eigenvalue weighted by Crippen LogP contribution is -2.40. The van der Waals surface area contributed by atoms with Crippen molar-refractivity contribution in [2.75, 3.05) is 6.54 Å². The summed E-state index contributed by atoms with van der Waals surface area (Å²) in [6.45, 7) is 4.85. The molecule has 0 fully saturated rings. The molecule has 0 saturated carbocycles. The van der Waals surface area contributed by atoms with Crippen LogP contribution < -0.4 is 10.1 Å². The van der Waals surface area contributed by atoms with Crippen molar-refractivity contribution in [1.29, 1.82) is 0 Å². The molecule has 2 aromatic rings. The van der Waals surface area contributed by atoms with Crippen LogP contribution in [-0.2, 0) is 4.74 Å². The molecule has 0 amide bonds. The van der Waals surface area contributed by atoms with Gasteiger partial charge in [-0.05, 0) is 23.8 Å². The minimum atomic E-state index is -0.318. The summed E-state index contributed by atoms with van der Waals surface area (Å²) in [6, 6.07) is 16.2. The average molecular weight is 318 g/mol. The second-order valence-corrected chi connectivity index (χ2v) is 6.16. The van der Waals surface area contributed by atoms with Gasteiger partial charge in [0.2, 0.25) is 6.29 Å². The smallest absolute Gasteiger partial charge is 0.213 e. The van der Waals surface area contributed by atoms with Gasteiger partial charge in [-0.1, -0.05) is 55.8 Å². The number of benzene rings is 2. The number of hydrogen-bond acceptors (Lipinski definition) is 3. The first kappa shape index (κ1) is 15.3. The fourth-order valence-electron chi connectivity index (χ4n) is 2.53. The number of fused-ring (bicyclic) bond motifs is 1. The van der Waals surface area contributed by atoms with Crippen LogP contribution in [0.25, 0.3) is 0 Å². The molecule has 4 heteroatoms. The van der Waals surface area contributed by atoms with Crippen LogP contribution in [0.4, 0.5) is 0 Å². The molecule has 1 aliphatic heterocycles. The van der Waals surface area contributed by atoms with E-state index in [2.05, 4.69) is 31.3 Å². The predicted molar refractivity (Wildman–Crippen MR) is 88.4 cm³/mol. The van der Waals surface area contributed by atoms with Crippen molar-refractivity contribution in [3.05, 3.63) is 64.7 Å². The molecule has 0 aliphatic carbocycles. The van der Waals surface area contributed by atoms with Crippen LogP contribution in [0.1, 0.15) is 31.1 Å². The fourth-order valence-corrected chi connectivity index (χ4v) is 2.71. The number of hydrogen-bond donors (Lipinski definition) is 1. The summed E-state index contributed by atoms with van der Waals surface area (Å²) in [7, 11) is 0. The summed E-state index contributed by atoms with van der Waals surface area (Å²) >= 11 is 6.15. The first-order valence-corrected chi connectivity index (χ1v) is 7.91. The molecule has 0 saturated heterocycles. The summed E-state index contributed by atoms with van der Waals surface area (Å²) in [5.41, 5.74) is 2.07. The van der Waals surface area contributed by atoms with Gasteiger partial charge in [-0.15, -0.1) is 0 Å². The normalized spacial score (nSPS) is 20.5. The Hall–Kier alpha value is -1.55. The van der Waals surface area contributed by atoms with E-state index in [4.69, 9.17) is 21.1 Å². The molecule has 2 aromatic carbocycles. The van der Waals surface area contributed by atoms with Gasteiger partial charge < -0.3 is 14.8 Å². The zero-order valence-corrected chi connectivity index (χ0v) is 13.5. The molecule has 0 unspecified atom stereocenters. The van der Waals surface area contributed by atoms with Gasteiger partial charge in [0.05, 0.1) is 6.54 Å². The van der Waals surface area contributed by atoms with E-state index < -0.39 is 0 Å². The topological polar surface area (TPSA) is 30.5 Å². The monoisotopic (exact) mass is 317 g/mol. The highest BCUT2D eigenvalue weighted by Crippen LogP contribution is 2.39. The van der Waals surface area contributed by atoms with Gasteiger partial charge in [0.1, 0.15) is 11.9 Å². The highest BCUT2D eigenvalue weighted by atomic mass is 35.5. The van der Waals surface area contributed by atoms with Crippen LogP contribution >= 0.6 is 11.6 Å². The minimum absolute atomic E-state index is 0.164. The molecule has 3 rings (SSSR count). The maximum atomic E-state index is 6.16. The Bertz CT molecular complexity index is 630. The third kappa shape index (κ3) is 3.43. The van der Waals surface area contributed by atoms with Crippen molar-refractivity contribution < 1.29 is 9.47 Å². The number of halogens is 1. The molecule has 22 heavy (non-hydrogen) atoms. The predicted octanol–water partition coefficient (Wildman–Crippen LogP) is 4.16. The molecule has 0 radical (unpaired) electrons. The Morgan fingerprint density at radius 1 is 1.14 bits per heavy atom. The quantitative estimate of drug-likeness (QED) is 0.918. The van der Waals surface area contributed by atoms with E-state index in [1.165, 1.54) is 0 Å². The van der Waals surface area contributed by atoms with Gasteiger partial charge in [0.15, 0.2) is 0 Å². The largest absolute Gasteiger partial charge is 0.463 e. The lowest BCUT2D eigenvalue weighted by atomic mass is 9.99. The average Bonchev–Trinajstić information content (AvgIpc) is 2.53. The zero-order chi connectivity index (χ0) is 15.5. The Kier molecular flexibility index (Phi) is 4.67. The van der Waals surface area contributed by atoms with Crippen molar-refractivity contribution in [3.8, 4) is 5.75 Å². The molecule has 116 valence electrons. The van der Waals surface area contributed by atoms with Crippen molar-refractivity contribution in [2.24, 2.45) is 0 Å². The van der Waals surface area contributed by atoms with E-state index >= 15 is 0 Å². The first-order valence-electron chi connectivity index (χ1n) is 7.53. The van der Waals surface area contributed by atoms with Crippen LogP contribution in [0.5, 0.6) is 5.75 Å². The SMILES string of the molecule is CC(C)NC[C@@H]1Oc2ccc(Cl)cc2[C@H](c2ccccc2)O1. The molecule has 1 aliphatic rings. The molecule has 0 aromatic heterocycles. The molecule has 0 spiro atoms. The minimum Gasteiger partial charge on any atom is -0.463 e. The first-order chi connectivity index (χ1) is 10.6. The van der Waals surface area contributed by atoms with Crippen LogP contribution in [0.3, 0.4) is 0 Å². The molecule has 1 N–H and O–H groups in total. The van der Waals surface area contributed by atoms with Crippen LogP contribution in [0.15, 0.2) is 48.5 Å². The highest BCUT2D eigenvalue weighted by molar-refractivity contribution is 6.30. The Labute approximate surface area is 136 Å². The van der Waals surface area contributed by atoms with Gasteiger partial charge in [0, 0.05) is 16.6 Å². The van der Waals surface area contributed by atoms with Gasteiger partial charge in [-0.2, -0.15) is 0 Å². The van der Waals surface area contributed by atoms with Crippen LogP contribution in [0, 0.1) is 0 Å². The van der Waals surface area contributed by atoms with E-state index in [-0.39, 0.29) is 12.4 Å².